The zero-order valence-corrected chi connectivity index (χ0v) is 16.7. The molecule has 0 saturated carbocycles. The number of furan rings is 1. The van der Waals surface area contributed by atoms with Crippen molar-refractivity contribution in [1.82, 2.24) is 4.90 Å². The predicted octanol–water partition coefficient (Wildman–Crippen LogP) is 2.56. The number of piperazine rings is 1. The molecule has 0 spiro atoms. The molecule has 3 aromatic rings. The highest BCUT2D eigenvalue weighted by molar-refractivity contribution is 5.92. The first-order valence-electron chi connectivity index (χ1n) is 10.4. The number of fused-ring (bicyclic) bond motifs is 1. The Morgan fingerprint density at radius 1 is 1.07 bits per heavy atom. The van der Waals surface area contributed by atoms with E-state index in [1.54, 1.807) is 30.3 Å². The van der Waals surface area contributed by atoms with E-state index in [2.05, 4.69) is 18.2 Å². The van der Waals surface area contributed by atoms with Crippen molar-refractivity contribution >= 4 is 5.91 Å². The highest BCUT2D eigenvalue weighted by Gasteiger charge is 2.27. The van der Waals surface area contributed by atoms with Crippen LogP contribution in [0.15, 0.2) is 59.0 Å². The summed E-state index contributed by atoms with van der Waals surface area (Å²) in [5, 5.41) is 0. The normalized spacial score (nSPS) is 16.4. The third-order valence-electron chi connectivity index (χ3n) is 5.92. The summed E-state index contributed by atoms with van der Waals surface area (Å²) in [5.41, 5.74) is 2.98. The second kappa shape index (κ2) is 7.95. The standard InChI is InChI=1S/C24H23FN2O3/c25-20-4-2-1-3-19(20)22-7-8-23(30-22)24(28)27-12-10-26(11-13-27)16-17-5-6-21-18(15-17)9-14-29-21/h1-8,15H,9-14,16H2/p+1. The summed E-state index contributed by atoms with van der Waals surface area (Å²) in [6, 6.07) is 16.2. The van der Waals surface area contributed by atoms with Gasteiger partial charge in [0.25, 0.3) is 5.91 Å². The van der Waals surface area contributed by atoms with Gasteiger partial charge in [0, 0.05) is 12.0 Å². The minimum Gasteiger partial charge on any atom is -0.493 e. The highest BCUT2D eigenvalue weighted by Crippen LogP contribution is 2.26. The zero-order chi connectivity index (χ0) is 20.5. The van der Waals surface area contributed by atoms with E-state index in [1.807, 2.05) is 4.90 Å². The van der Waals surface area contributed by atoms with Gasteiger partial charge in [0.1, 0.15) is 23.9 Å². The molecule has 0 atom stereocenters. The lowest BCUT2D eigenvalue weighted by Crippen LogP contribution is -3.13. The smallest absolute Gasteiger partial charge is 0.289 e. The Kier molecular flexibility index (Phi) is 5.01. The Bertz CT molecular complexity index is 1070. The number of nitrogens with one attached hydrogen (secondary N) is 1. The quantitative estimate of drug-likeness (QED) is 0.723. The van der Waals surface area contributed by atoms with Gasteiger partial charge in [-0.25, -0.2) is 4.39 Å². The van der Waals surface area contributed by atoms with Gasteiger partial charge in [0.15, 0.2) is 5.76 Å². The topological polar surface area (TPSA) is 47.1 Å². The van der Waals surface area contributed by atoms with Gasteiger partial charge in [-0.3, -0.25) is 4.79 Å². The maximum Gasteiger partial charge on any atom is 0.289 e. The number of benzene rings is 2. The summed E-state index contributed by atoms with van der Waals surface area (Å²) in [7, 11) is 0. The van der Waals surface area contributed by atoms with Crippen molar-refractivity contribution in [1.29, 1.82) is 0 Å². The summed E-state index contributed by atoms with van der Waals surface area (Å²) in [6.45, 7) is 4.86. The van der Waals surface area contributed by atoms with E-state index in [1.165, 1.54) is 22.1 Å². The van der Waals surface area contributed by atoms with Crippen LogP contribution in [0.25, 0.3) is 11.3 Å². The molecule has 3 heterocycles. The number of nitrogens with zero attached hydrogens (tertiary/aromatic N) is 1. The number of carbonyl (C=O) groups is 1. The Labute approximate surface area is 174 Å². The molecule has 1 fully saturated rings. The number of carbonyl (C=O) groups excluding carboxylic acids is 1. The van der Waals surface area contributed by atoms with Crippen molar-refractivity contribution in [2.45, 2.75) is 13.0 Å². The van der Waals surface area contributed by atoms with Gasteiger partial charge in [-0.15, -0.1) is 0 Å². The fourth-order valence-electron chi connectivity index (χ4n) is 4.26. The number of amides is 1. The van der Waals surface area contributed by atoms with Crippen LogP contribution >= 0.6 is 0 Å². The van der Waals surface area contributed by atoms with Gasteiger partial charge >= 0.3 is 0 Å². The second-order valence-electron chi connectivity index (χ2n) is 7.90. The van der Waals surface area contributed by atoms with Gasteiger partial charge in [-0.2, -0.15) is 0 Å². The minimum absolute atomic E-state index is 0.133. The summed E-state index contributed by atoms with van der Waals surface area (Å²) in [4.78, 5) is 16.1. The molecule has 6 heteroatoms. The summed E-state index contributed by atoms with van der Waals surface area (Å²) in [6.07, 6.45) is 0.985. The van der Waals surface area contributed by atoms with Crippen molar-refractivity contribution in [3.63, 3.8) is 0 Å². The first-order valence-corrected chi connectivity index (χ1v) is 10.4. The molecule has 5 rings (SSSR count). The molecule has 1 N–H and O–H groups in total. The van der Waals surface area contributed by atoms with E-state index in [-0.39, 0.29) is 17.5 Å². The van der Waals surface area contributed by atoms with Crippen LogP contribution in [0.5, 0.6) is 5.75 Å². The highest BCUT2D eigenvalue weighted by atomic mass is 19.1. The minimum atomic E-state index is -0.360. The lowest BCUT2D eigenvalue weighted by atomic mass is 10.1. The number of quaternary nitrogens is 1. The monoisotopic (exact) mass is 407 g/mol. The maximum absolute atomic E-state index is 14.0. The summed E-state index contributed by atoms with van der Waals surface area (Å²) >= 11 is 0. The molecule has 2 aromatic carbocycles. The van der Waals surface area contributed by atoms with Crippen LogP contribution in [0.3, 0.4) is 0 Å². The molecule has 1 amide bonds. The van der Waals surface area contributed by atoms with Crippen molar-refractivity contribution in [3.05, 3.63) is 77.3 Å². The first kappa shape index (κ1) is 18.9. The molecule has 1 aromatic heterocycles. The molecule has 2 aliphatic heterocycles. The molecule has 1 saturated heterocycles. The van der Waals surface area contributed by atoms with Crippen molar-refractivity contribution in [2.75, 3.05) is 32.8 Å². The van der Waals surface area contributed by atoms with Crippen molar-refractivity contribution < 1.29 is 23.2 Å². The first-order chi connectivity index (χ1) is 14.7. The Balaban J connectivity index is 1.20. The van der Waals surface area contributed by atoms with Gasteiger partial charge in [-0.1, -0.05) is 12.1 Å². The summed E-state index contributed by atoms with van der Waals surface area (Å²) < 4.78 is 25.2. The van der Waals surface area contributed by atoms with Crippen molar-refractivity contribution in [2.24, 2.45) is 0 Å². The number of hydrogen-bond acceptors (Lipinski definition) is 3. The molecule has 154 valence electrons. The third-order valence-corrected chi connectivity index (χ3v) is 5.92. The van der Waals surface area contributed by atoms with Crippen LogP contribution in [0.4, 0.5) is 4.39 Å². The van der Waals surface area contributed by atoms with Crippen LogP contribution in [0.1, 0.15) is 21.7 Å². The predicted molar refractivity (Wildman–Crippen MR) is 110 cm³/mol. The average molecular weight is 407 g/mol. The largest absolute Gasteiger partial charge is 0.493 e. The lowest BCUT2D eigenvalue weighted by Gasteiger charge is -2.31. The van der Waals surface area contributed by atoms with E-state index in [0.717, 1.165) is 38.4 Å². The molecule has 0 radical (unpaired) electrons. The Hall–Kier alpha value is -3.12. The average Bonchev–Trinajstić information content (AvgIpc) is 3.43. The lowest BCUT2D eigenvalue weighted by molar-refractivity contribution is -0.917. The van der Waals surface area contributed by atoms with E-state index in [0.29, 0.717) is 24.4 Å². The van der Waals surface area contributed by atoms with Crippen LogP contribution < -0.4 is 9.64 Å². The second-order valence-corrected chi connectivity index (χ2v) is 7.90. The molecule has 0 bridgehead atoms. The SMILES string of the molecule is O=C(c1ccc(-c2ccccc2F)o1)N1CC[NH+](Cc2ccc3c(c2)CCO3)CC1. The van der Waals surface area contributed by atoms with Gasteiger partial charge in [0.2, 0.25) is 0 Å². The molecular weight excluding hydrogens is 383 g/mol. The van der Waals surface area contributed by atoms with Crippen molar-refractivity contribution in [3.8, 4) is 17.1 Å². The molecule has 30 heavy (non-hydrogen) atoms. The molecule has 5 nitrogen and oxygen atoms in total. The van der Waals surface area contributed by atoms with E-state index < -0.39 is 0 Å². The molecular formula is C24H24FN2O3+. The van der Waals surface area contributed by atoms with Crippen LogP contribution in [0, 0.1) is 5.82 Å². The van der Waals surface area contributed by atoms with E-state index in [4.69, 9.17) is 9.15 Å². The van der Waals surface area contributed by atoms with Gasteiger partial charge in [0.05, 0.1) is 38.3 Å². The zero-order valence-electron chi connectivity index (χ0n) is 16.7. The van der Waals surface area contributed by atoms with Crippen LogP contribution in [-0.4, -0.2) is 43.6 Å². The number of rotatable bonds is 4. The number of hydrogen-bond donors (Lipinski definition) is 1. The van der Waals surface area contributed by atoms with Gasteiger partial charge in [-0.05, 0) is 48.0 Å². The number of halogens is 1. The summed E-state index contributed by atoms with van der Waals surface area (Å²) in [5.74, 6) is 1.15. The van der Waals surface area contributed by atoms with E-state index >= 15 is 0 Å². The van der Waals surface area contributed by atoms with Gasteiger partial charge < -0.3 is 19.0 Å². The fourth-order valence-corrected chi connectivity index (χ4v) is 4.26. The fraction of sp³-hybridized carbons (Fsp3) is 0.292. The van der Waals surface area contributed by atoms with Crippen LogP contribution in [-0.2, 0) is 13.0 Å². The number of ether oxygens (including phenoxy) is 1. The molecule has 0 unspecified atom stereocenters. The van der Waals surface area contributed by atoms with Crippen LogP contribution in [0.2, 0.25) is 0 Å². The third kappa shape index (κ3) is 3.71. The molecule has 2 aliphatic rings. The maximum atomic E-state index is 14.0. The van der Waals surface area contributed by atoms with E-state index in [9.17, 15) is 9.18 Å². The Morgan fingerprint density at radius 2 is 1.90 bits per heavy atom. The Morgan fingerprint density at radius 3 is 2.73 bits per heavy atom. The molecule has 0 aliphatic carbocycles.